The van der Waals surface area contributed by atoms with E-state index in [-0.39, 0.29) is 23.4 Å². The molecular formula is C20H24ClFN4O8P2. The van der Waals surface area contributed by atoms with Gasteiger partial charge in [0.1, 0.15) is 18.0 Å². The van der Waals surface area contributed by atoms with Crippen molar-refractivity contribution in [1.29, 1.82) is 0 Å². The monoisotopic (exact) mass is 564 g/mol. The predicted octanol–water partition coefficient (Wildman–Crippen LogP) is 3.22. The largest absolute Gasteiger partial charge is 0.390 e. The molecule has 16 heteroatoms. The lowest BCUT2D eigenvalue weighted by Crippen LogP contribution is -2.26. The van der Waals surface area contributed by atoms with E-state index >= 15 is 0 Å². The minimum atomic E-state index is -4.78. The number of imidazole rings is 1. The fraction of sp³-hybridized carbons (Fsp3) is 0.400. The number of nitrogens with one attached hydrogen (secondary N) is 1. The molecule has 0 saturated carbocycles. The summed E-state index contributed by atoms with van der Waals surface area (Å²) >= 11 is 6.23. The summed E-state index contributed by atoms with van der Waals surface area (Å²) in [4.78, 5) is 31.9. The molecule has 1 unspecified atom stereocenters. The summed E-state index contributed by atoms with van der Waals surface area (Å²) in [6, 6.07) is 7.43. The Morgan fingerprint density at radius 2 is 2.08 bits per heavy atom. The molecule has 2 aromatic heterocycles. The zero-order valence-electron chi connectivity index (χ0n) is 18.8. The van der Waals surface area contributed by atoms with E-state index in [1.54, 1.807) is 18.2 Å². The summed E-state index contributed by atoms with van der Waals surface area (Å²) in [6.07, 6.45) is -1.31. The van der Waals surface area contributed by atoms with Gasteiger partial charge in [-0.25, -0.2) is 13.9 Å². The van der Waals surface area contributed by atoms with Gasteiger partial charge in [-0.2, -0.15) is 5.10 Å². The summed E-state index contributed by atoms with van der Waals surface area (Å²) < 4.78 is 48.6. The summed E-state index contributed by atoms with van der Waals surface area (Å²) in [5, 5.41) is 18.0. The second-order valence-corrected chi connectivity index (χ2v) is 12.8. The van der Waals surface area contributed by atoms with Crippen LogP contribution < -0.4 is 5.32 Å². The molecule has 0 radical (unpaired) electrons. The molecule has 3 heterocycles. The fourth-order valence-electron chi connectivity index (χ4n) is 3.91. The van der Waals surface area contributed by atoms with Gasteiger partial charge in [0.2, 0.25) is 0 Å². The third kappa shape index (κ3) is 6.49. The molecule has 5 N–H and O–H groups in total. The molecule has 5 atom stereocenters. The van der Waals surface area contributed by atoms with Crippen LogP contribution in [0.2, 0.25) is 5.15 Å². The van der Waals surface area contributed by atoms with Crippen LogP contribution in [-0.4, -0.2) is 59.1 Å². The second kappa shape index (κ2) is 10.4. The van der Waals surface area contributed by atoms with Gasteiger partial charge in [0, 0.05) is 18.5 Å². The highest BCUT2D eigenvalue weighted by Crippen LogP contribution is 2.55. The molecule has 0 amide bonds. The number of rotatable bonds is 9. The van der Waals surface area contributed by atoms with Crippen LogP contribution in [0.5, 0.6) is 0 Å². The summed E-state index contributed by atoms with van der Waals surface area (Å²) in [6.45, 7) is 1.28. The highest BCUT2D eigenvalue weighted by atomic mass is 35.5. The Hall–Kier alpha value is -1.92. The summed E-state index contributed by atoms with van der Waals surface area (Å²) in [5.74, 6) is -1.71. The van der Waals surface area contributed by atoms with Crippen molar-refractivity contribution in [3.63, 3.8) is 0 Å². The first-order valence-corrected chi connectivity index (χ1v) is 14.7. The van der Waals surface area contributed by atoms with Gasteiger partial charge in [0.05, 0.1) is 30.3 Å². The van der Waals surface area contributed by atoms with Crippen molar-refractivity contribution in [3.05, 3.63) is 58.8 Å². The molecule has 0 aliphatic carbocycles. The number of nitrogens with zero attached hydrogens (tertiary/aromatic N) is 3. The lowest BCUT2D eigenvalue weighted by Gasteiger charge is -2.18. The molecule has 196 valence electrons. The minimum absolute atomic E-state index is 0.0761. The number of anilines is 1. The molecule has 1 aromatic carbocycles. The van der Waals surface area contributed by atoms with E-state index in [4.69, 9.17) is 30.6 Å². The van der Waals surface area contributed by atoms with Crippen LogP contribution in [-0.2, 0) is 18.4 Å². The van der Waals surface area contributed by atoms with Gasteiger partial charge < -0.3 is 34.4 Å². The van der Waals surface area contributed by atoms with Crippen LogP contribution in [0.4, 0.5) is 10.1 Å². The fourth-order valence-corrected chi connectivity index (χ4v) is 6.66. The van der Waals surface area contributed by atoms with Crippen molar-refractivity contribution in [2.45, 2.75) is 37.7 Å². The maximum absolute atomic E-state index is 13.6. The van der Waals surface area contributed by atoms with E-state index in [1.807, 2.05) is 6.92 Å². The topological polar surface area (TPSA) is 176 Å². The number of aliphatic hydroxyl groups excluding tert-OH is 1. The average Bonchev–Trinajstić information content (AvgIpc) is 3.33. The van der Waals surface area contributed by atoms with E-state index in [0.717, 1.165) is 0 Å². The number of hydrogen-bond donors (Lipinski definition) is 5. The van der Waals surface area contributed by atoms with E-state index in [1.165, 1.54) is 22.8 Å². The van der Waals surface area contributed by atoms with Crippen LogP contribution in [0.3, 0.4) is 0 Å². The lowest BCUT2D eigenvalue weighted by molar-refractivity contribution is -0.0198. The first-order valence-electron chi connectivity index (χ1n) is 10.7. The van der Waals surface area contributed by atoms with Crippen LogP contribution >= 0.6 is 26.8 Å². The molecule has 4 rings (SSSR count). The minimum Gasteiger partial charge on any atom is -0.390 e. The Balaban J connectivity index is 1.51. The standard InChI is InChI=1S/C20H24ClFN4O8P2/c1-11(12-3-2-4-13(22)5-12)24-14-6-19(21)25-26-15(8-23-20(14)26)17-7-16(27)18(34-17)9-33-36(31,32)10-35(28,29)30/h2-6,8,11,16-18,24,27H,7,9-10H2,1H3,(H,31,32)(H2,28,29,30)/t11-,16-,17+,18+/m0/s1. The van der Waals surface area contributed by atoms with E-state index < -0.39 is 46.0 Å². The first kappa shape index (κ1) is 27.1. The summed E-state index contributed by atoms with van der Waals surface area (Å²) in [7, 11) is -9.38. The predicted molar refractivity (Wildman–Crippen MR) is 127 cm³/mol. The normalized spacial score (nSPS) is 23.0. The SMILES string of the molecule is C[C@H](Nc1cc(Cl)nn2c([C@H]3C[C@H](O)[C@@H](COP(=O)(O)CP(=O)(O)O)O3)cnc12)c1cccc(F)c1. The van der Waals surface area contributed by atoms with Gasteiger partial charge in [0.25, 0.3) is 0 Å². The van der Waals surface area contributed by atoms with Crippen molar-refractivity contribution >= 4 is 38.1 Å². The van der Waals surface area contributed by atoms with Gasteiger partial charge in [-0.3, -0.25) is 9.13 Å². The molecule has 0 spiro atoms. The quantitative estimate of drug-likeness (QED) is 0.241. The van der Waals surface area contributed by atoms with Crippen molar-refractivity contribution in [3.8, 4) is 0 Å². The Morgan fingerprint density at radius 3 is 2.78 bits per heavy atom. The maximum Gasteiger partial charge on any atom is 0.340 e. The van der Waals surface area contributed by atoms with Crippen molar-refractivity contribution in [1.82, 2.24) is 14.6 Å². The van der Waals surface area contributed by atoms with Crippen molar-refractivity contribution < 1.29 is 42.6 Å². The summed E-state index contributed by atoms with van der Waals surface area (Å²) in [5.41, 5.74) is 2.07. The number of hydrogen-bond acceptors (Lipinski definition) is 8. The number of ether oxygens (including phenoxy) is 1. The molecule has 1 saturated heterocycles. The van der Waals surface area contributed by atoms with Crippen molar-refractivity contribution in [2.75, 3.05) is 17.8 Å². The van der Waals surface area contributed by atoms with Crippen LogP contribution in [0, 0.1) is 5.82 Å². The smallest absolute Gasteiger partial charge is 0.340 e. The van der Waals surface area contributed by atoms with Crippen LogP contribution in [0.15, 0.2) is 36.5 Å². The Morgan fingerprint density at radius 1 is 1.33 bits per heavy atom. The number of halogens is 2. The van der Waals surface area contributed by atoms with Gasteiger partial charge in [-0.1, -0.05) is 23.7 Å². The number of aromatic nitrogens is 3. The number of benzene rings is 1. The van der Waals surface area contributed by atoms with E-state index in [2.05, 4.69) is 15.4 Å². The Bertz CT molecular complexity index is 1350. The molecular weight excluding hydrogens is 541 g/mol. The van der Waals surface area contributed by atoms with Crippen molar-refractivity contribution in [2.24, 2.45) is 0 Å². The van der Waals surface area contributed by atoms with E-state index in [0.29, 0.717) is 22.6 Å². The van der Waals surface area contributed by atoms with Gasteiger partial charge in [0.15, 0.2) is 16.7 Å². The Kier molecular flexibility index (Phi) is 7.87. The van der Waals surface area contributed by atoms with Crippen LogP contribution in [0.25, 0.3) is 5.65 Å². The Labute approximate surface area is 209 Å². The van der Waals surface area contributed by atoms with Gasteiger partial charge in [-0.05, 0) is 24.6 Å². The molecule has 36 heavy (non-hydrogen) atoms. The molecule has 1 aliphatic rings. The highest BCUT2D eigenvalue weighted by Gasteiger charge is 2.39. The zero-order valence-corrected chi connectivity index (χ0v) is 21.4. The molecule has 12 nitrogen and oxygen atoms in total. The first-order chi connectivity index (χ1) is 16.8. The van der Waals surface area contributed by atoms with E-state index in [9.17, 15) is 23.5 Å². The number of fused-ring (bicyclic) bond motifs is 1. The highest BCUT2D eigenvalue weighted by molar-refractivity contribution is 7.70. The third-order valence-corrected chi connectivity index (χ3v) is 9.18. The third-order valence-electron chi connectivity index (χ3n) is 5.54. The number of aliphatic hydroxyl groups is 1. The van der Waals surface area contributed by atoms with Crippen LogP contribution in [0.1, 0.15) is 36.7 Å². The zero-order chi connectivity index (χ0) is 26.3. The lowest BCUT2D eigenvalue weighted by atomic mass is 10.1. The molecule has 1 aliphatic heterocycles. The van der Waals surface area contributed by atoms with Gasteiger partial charge in [-0.15, -0.1) is 0 Å². The molecule has 1 fully saturated rings. The second-order valence-electron chi connectivity index (χ2n) is 8.43. The maximum atomic E-state index is 13.6. The molecule has 0 bridgehead atoms. The van der Waals surface area contributed by atoms with Gasteiger partial charge >= 0.3 is 15.2 Å². The average molecular weight is 565 g/mol. The molecule has 3 aromatic rings.